The molecule has 2 aromatic carbocycles. The van der Waals surface area contributed by atoms with Crippen LogP contribution in [0.4, 0.5) is 0 Å². The lowest BCUT2D eigenvalue weighted by molar-refractivity contribution is 0.0760. The maximum atomic E-state index is 13.2. The van der Waals surface area contributed by atoms with Gasteiger partial charge in [-0.05, 0) is 78.6 Å². The Hall–Kier alpha value is -1.58. The average molecular weight is 357 g/mol. The van der Waals surface area contributed by atoms with Gasteiger partial charge in [-0.15, -0.1) is 12.4 Å². The maximum Gasteiger partial charge on any atom is 0.254 e. The fourth-order valence-electron chi connectivity index (χ4n) is 5.02. The highest BCUT2D eigenvalue weighted by Gasteiger charge is 2.32. The molecular formula is C21H25ClN2O. The van der Waals surface area contributed by atoms with Gasteiger partial charge in [0.25, 0.3) is 5.91 Å². The molecule has 132 valence electrons. The largest absolute Gasteiger partial charge is 0.339 e. The Morgan fingerprint density at radius 3 is 2.36 bits per heavy atom. The molecule has 0 bridgehead atoms. The predicted molar refractivity (Wildman–Crippen MR) is 104 cm³/mol. The first-order chi connectivity index (χ1) is 11.8. The molecule has 0 unspecified atom stereocenters. The van der Waals surface area contributed by atoms with Crippen LogP contribution in [0, 0.1) is 11.8 Å². The monoisotopic (exact) mass is 356 g/mol. The zero-order chi connectivity index (χ0) is 16.1. The number of amides is 1. The van der Waals surface area contributed by atoms with Crippen LogP contribution in [0.25, 0.3) is 10.8 Å². The summed E-state index contributed by atoms with van der Waals surface area (Å²) in [5, 5.41) is 6.02. The van der Waals surface area contributed by atoms with Crippen molar-refractivity contribution in [3.63, 3.8) is 0 Å². The molecule has 0 saturated carbocycles. The molecule has 2 atom stereocenters. The van der Waals surface area contributed by atoms with Crippen LogP contribution in [0.3, 0.4) is 0 Å². The van der Waals surface area contributed by atoms with Crippen LogP contribution in [-0.4, -0.2) is 37.0 Å². The predicted octanol–water partition coefficient (Wildman–Crippen LogP) is 3.43. The SMILES string of the molecule is Cl.O=C(c1ccc2c3c(cccc13)CC2)N1CC[C@@H]2CNC[C@@H]2CC1. The minimum Gasteiger partial charge on any atom is -0.339 e. The van der Waals surface area contributed by atoms with Crippen LogP contribution < -0.4 is 5.32 Å². The smallest absolute Gasteiger partial charge is 0.254 e. The molecule has 2 heterocycles. The van der Waals surface area contributed by atoms with Crippen molar-refractivity contribution in [2.24, 2.45) is 11.8 Å². The number of hydrogen-bond donors (Lipinski definition) is 1. The number of likely N-dealkylation sites (tertiary alicyclic amines) is 1. The lowest BCUT2D eigenvalue weighted by Crippen LogP contribution is -2.32. The summed E-state index contributed by atoms with van der Waals surface area (Å²) in [4.78, 5) is 15.3. The van der Waals surface area contributed by atoms with Gasteiger partial charge in [0.2, 0.25) is 0 Å². The molecule has 1 amide bonds. The molecule has 2 saturated heterocycles. The molecule has 2 aromatic rings. The van der Waals surface area contributed by atoms with Crippen LogP contribution in [0.15, 0.2) is 30.3 Å². The number of rotatable bonds is 1. The molecule has 1 N–H and O–H groups in total. The summed E-state index contributed by atoms with van der Waals surface area (Å²) in [5.74, 6) is 1.75. The van der Waals surface area contributed by atoms with Crippen molar-refractivity contribution in [1.29, 1.82) is 0 Å². The van der Waals surface area contributed by atoms with E-state index in [0.717, 1.165) is 69.3 Å². The van der Waals surface area contributed by atoms with Crippen molar-refractivity contribution < 1.29 is 4.79 Å². The first-order valence-electron chi connectivity index (χ1n) is 9.35. The molecule has 0 aromatic heterocycles. The lowest BCUT2D eigenvalue weighted by Gasteiger charge is -2.22. The maximum absolute atomic E-state index is 13.2. The number of hydrogen-bond acceptors (Lipinski definition) is 2. The van der Waals surface area contributed by atoms with Gasteiger partial charge in [0.1, 0.15) is 0 Å². The van der Waals surface area contributed by atoms with E-state index in [1.165, 1.54) is 21.9 Å². The first-order valence-corrected chi connectivity index (χ1v) is 9.35. The van der Waals surface area contributed by atoms with E-state index in [1.807, 2.05) is 0 Å². The number of fused-ring (bicyclic) bond motifs is 1. The molecule has 3 aliphatic rings. The Morgan fingerprint density at radius 2 is 1.64 bits per heavy atom. The Labute approximate surface area is 155 Å². The Kier molecular flexibility index (Phi) is 4.47. The van der Waals surface area contributed by atoms with Crippen molar-refractivity contribution >= 4 is 29.1 Å². The minimum atomic E-state index is 0. The summed E-state index contributed by atoms with van der Waals surface area (Å²) in [6.45, 7) is 4.08. The van der Waals surface area contributed by atoms with Gasteiger partial charge in [-0.25, -0.2) is 0 Å². The van der Waals surface area contributed by atoms with E-state index in [-0.39, 0.29) is 18.3 Å². The summed E-state index contributed by atoms with van der Waals surface area (Å²) < 4.78 is 0. The third-order valence-corrected chi connectivity index (χ3v) is 6.41. The van der Waals surface area contributed by atoms with Crippen LogP contribution in [0.1, 0.15) is 34.3 Å². The lowest BCUT2D eigenvalue weighted by atomic mass is 9.92. The quantitative estimate of drug-likeness (QED) is 0.849. The molecule has 2 fully saturated rings. The third-order valence-electron chi connectivity index (χ3n) is 6.41. The van der Waals surface area contributed by atoms with Crippen molar-refractivity contribution in [3.8, 4) is 0 Å². The number of nitrogens with zero attached hydrogens (tertiary/aromatic N) is 1. The summed E-state index contributed by atoms with van der Waals surface area (Å²) in [6.07, 6.45) is 4.52. The zero-order valence-corrected chi connectivity index (χ0v) is 15.3. The molecule has 0 spiro atoms. The van der Waals surface area contributed by atoms with E-state index >= 15 is 0 Å². The molecule has 0 radical (unpaired) electrons. The summed E-state index contributed by atoms with van der Waals surface area (Å²) in [6, 6.07) is 10.7. The number of nitrogens with one attached hydrogen (secondary N) is 1. The molecule has 5 rings (SSSR count). The average Bonchev–Trinajstić information content (AvgIpc) is 3.19. The number of aryl methyl sites for hydroxylation is 2. The second kappa shape index (κ2) is 6.62. The van der Waals surface area contributed by atoms with Crippen LogP contribution in [0.5, 0.6) is 0 Å². The minimum absolute atomic E-state index is 0. The summed E-state index contributed by atoms with van der Waals surface area (Å²) in [5.41, 5.74) is 3.73. The topological polar surface area (TPSA) is 32.3 Å². The highest BCUT2D eigenvalue weighted by atomic mass is 35.5. The highest BCUT2D eigenvalue weighted by Crippen LogP contribution is 2.34. The standard InChI is InChI=1S/C21H24N2O.ClH/c24-21(23-10-8-16-12-22-13-17(16)9-11-23)19-7-6-15-5-4-14-2-1-3-18(19)20(14)15;/h1-3,6-7,16-17,22H,4-5,8-13H2;1H/t16-,17+;. The van der Waals surface area contributed by atoms with Crippen LogP contribution in [0.2, 0.25) is 0 Å². The van der Waals surface area contributed by atoms with E-state index in [2.05, 4.69) is 40.5 Å². The first kappa shape index (κ1) is 16.9. The summed E-state index contributed by atoms with van der Waals surface area (Å²) >= 11 is 0. The van der Waals surface area contributed by atoms with Gasteiger partial charge in [0.15, 0.2) is 0 Å². The fourth-order valence-corrected chi connectivity index (χ4v) is 5.02. The Bertz CT molecular complexity index is 795. The van der Waals surface area contributed by atoms with Crippen molar-refractivity contribution in [1.82, 2.24) is 10.2 Å². The normalized spacial score (nSPS) is 24.7. The molecule has 3 nitrogen and oxygen atoms in total. The number of carbonyl (C=O) groups excluding carboxylic acids is 1. The van der Waals surface area contributed by atoms with Gasteiger partial charge in [0.05, 0.1) is 0 Å². The fraction of sp³-hybridized carbons (Fsp3) is 0.476. The van der Waals surface area contributed by atoms with E-state index in [0.29, 0.717) is 0 Å². The van der Waals surface area contributed by atoms with Gasteiger partial charge >= 0.3 is 0 Å². The van der Waals surface area contributed by atoms with Gasteiger partial charge in [-0.3, -0.25) is 4.79 Å². The number of benzene rings is 2. The number of carbonyl (C=O) groups is 1. The molecule has 2 aliphatic heterocycles. The molecular weight excluding hydrogens is 332 g/mol. The zero-order valence-electron chi connectivity index (χ0n) is 14.5. The summed E-state index contributed by atoms with van der Waals surface area (Å²) in [7, 11) is 0. The van der Waals surface area contributed by atoms with Crippen molar-refractivity contribution in [2.75, 3.05) is 26.2 Å². The second-order valence-electron chi connectivity index (χ2n) is 7.66. The van der Waals surface area contributed by atoms with Crippen molar-refractivity contribution in [2.45, 2.75) is 25.7 Å². The molecule has 4 heteroatoms. The highest BCUT2D eigenvalue weighted by molar-refractivity contribution is 6.09. The van der Waals surface area contributed by atoms with Gasteiger partial charge in [0, 0.05) is 18.7 Å². The van der Waals surface area contributed by atoms with E-state index in [9.17, 15) is 4.79 Å². The van der Waals surface area contributed by atoms with E-state index < -0.39 is 0 Å². The van der Waals surface area contributed by atoms with Gasteiger partial charge in [-0.2, -0.15) is 0 Å². The third kappa shape index (κ3) is 2.74. The molecule has 1 aliphatic carbocycles. The Balaban J connectivity index is 0.00000157. The Morgan fingerprint density at radius 1 is 0.960 bits per heavy atom. The van der Waals surface area contributed by atoms with Gasteiger partial charge in [-0.1, -0.05) is 24.3 Å². The van der Waals surface area contributed by atoms with E-state index in [1.54, 1.807) is 0 Å². The molecule has 25 heavy (non-hydrogen) atoms. The van der Waals surface area contributed by atoms with Crippen LogP contribution >= 0.6 is 12.4 Å². The van der Waals surface area contributed by atoms with E-state index in [4.69, 9.17) is 0 Å². The number of halogens is 1. The van der Waals surface area contributed by atoms with Gasteiger partial charge < -0.3 is 10.2 Å². The van der Waals surface area contributed by atoms with Crippen LogP contribution in [-0.2, 0) is 12.8 Å². The second-order valence-corrected chi connectivity index (χ2v) is 7.66. The van der Waals surface area contributed by atoms with Crippen molar-refractivity contribution in [3.05, 3.63) is 47.0 Å².